The third kappa shape index (κ3) is 3.07. The summed E-state index contributed by atoms with van der Waals surface area (Å²) in [6, 6.07) is 3.79. The molecule has 1 aliphatic rings. The van der Waals surface area contributed by atoms with Crippen LogP contribution in [0.1, 0.15) is 36.5 Å². The van der Waals surface area contributed by atoms with Crippen LogP contribution in [-0.2, 0) is 0 Å². The minimum absolute atomic E-state index is 0.0706. The molecule has 0 aliphatic heterocycles. The predicted molar refractivity (Wildman–Crippen MR) is 75.1 cm³/mol. The Balaban J connectivity index is 2.17. The number of nitro groups is 1. The van der Waals surface area contributed by atoms with E-state index in [0.29, 0.717) is 24.1 Å². The minimum atomic E-state index is -1.08. The molecule has 6 nitrogen and oxygen atoms in total. The van der Waals surface area contributed by atoms with Crippen molar-refractivity contribution in [2.45, 2.75) is 26.2 Å². The second-order valence-corrected chi connectivity index (χ2v) is 5.34. The Bertz CT molecular complexity index is 530. The largest absolute Gasteiger partial charge is 0.478 e. The zero-order valence-electron chi connectivity index (χ0n) is 11.3. The molecule has 1 aliphatic carbocycles. The van der Waals surface area contributed by atoms with Crippen molar-refractivity contribution in [1.82, 2.24) is 0 Å². The SMILES string of the molecule is CC1CCCC1CNc1cc([N+](=O)[O-])ccc1C(=O)O. The highest BCUT2D eigenvalue weighted by Gasteiger charge is 2.24. The Morgan fingerprint density at radius 2 is 2.25 bits per heavy atom. The van der Waals surface area contributed by atoms with E-state index >= 15 is 0 Å². The van der Waals surface area contributed by atoms with Gasteiger partial charge in [-0.05, 0) is 24.3 Å². The first-order valence-electron chi connectivity index (χ1n) is 6.74. The van der Waals surface area contributed by atoms with Crippen LogP contribution in [0.25, 0.3) is 0 Å². The Morgan fingerprint density at radius 1 is 1.50 bits per heavy atom. The molecule has 0 saturated heterocycles. The fraction of sp³-hybridized carbons (Fsp3) is 0.500. The standard InChI is InChI=1S/C14H18N2O4/c1-9-3-2-4-10(9)8-15-13-7-11(16(19)20)5-6-12(13)14(17)18/h5-7,9-10,15H,2-4,8H2,1H3,(H,17,18). The average molecular weight is 278 g/mol. The molecule has 20 heavy (non-hydrogen) atoms. The molecule has 2 rings (SSSR count). The van der Waals surface area contributed by atoms with Gasteiger partial charge in [-0.15, -0.1) is 0 Å². The lowest BCUT2D eigenvalue weighted by Crippen LogP contribution is -2.18. The highest BCUT2D eigenvalue weighted by Crippen LogP contribution is 2.32. The van der Waals surface area contributed by atoms with Gasteiger partial charge in [0.15, 0.2) is 0 Å². The summed E-state index contributed by atoms with van der Waals surface area (Å²) in [5.41, 5.74) is 0.295. The molecular weight excluding hydrogens is 260 g/mol. The molecule has 0 heterocycles. The Labute approximate surface area is 117 Å². The van der Waals surface area contributed by atoms with Crippen LogP contribution in [-0.4, -0.2) is 22.5 Å². The van der Waals surface area contributed by atoms with E-state index in [0.717, 1.165) is 6.42 Å². The summed E-state index contributed by atoms with van der Waals surface area (Å²) < 4.78 is 0. The summed E-state index contributed by atoms with van der Waals surface area (Å²) in [4.78, 5) is 21.4. The van der Waals surface area contributed by atoms with Crippen molar-refractivity contribution in [3.63, 3.8) is 0 Å². The van der Waals surface area contributed by atoms with Gasteiger partial charge in [-0.1, -0.05) is 19.8 Å². The maximum absolute atomic E-state index is 11.2. The number of nitro benzene ring substituents is 1. The van der Waals surface area contributed by atoms with Gasteiger partial charge in [0, 0.05) is 18.7 Å². The summed E-state index contributed by atoms with van der Waals surface area (Å²) in [6.45, 7) is 2.84. The molecule has 0 radical (unpaired) electrons. The first kappa shape index (κ1) is 14.3. The molecule has 6 heteroatoms. The maximum Gasteiger partial charge on any atom is 0.337 e. The third-order valence-electron chi connectivity index (χ3n) is 4.04. The van der Waals surface area contributed by atoms with Crippen LogP contribution in [0.2, 0.25) is 0 Å². The number of carboxylic acids is 1. The van der Waals surface area contributed by atoms with Crippen LogP contribution in [0.15, 0.2) is 18.2 Å². The summed E-state index contributed by atoms with van der Waals surface area (Å²) in [5.74, 6) is 0.0206. The molecule has 0 amide bonds. The molecule has 108 valence electrons. The molecule has 0 bridgehead atoms. The van der Waals surface area contributed by atoms with Crippen molar-refractivity contribution in [1.29, 1.82) is 0 Å². The van der Waals surface area contributed by atoms with E-state index in [-0.39, 0.29) is 11.3 Å². The van der Waals surface area contributed by atoms with Crippen molar-refractivity contribution in [2.24, 2.45) is 11.8 Å². The van der Waals surface area contributed by atoms with Crippen LogP contribution in [0, 0.1) is 22.0 Å². The highest BCUT2D eigenvalue weighted by atomic mass is 16.6. The molecule has 2 atom stereocenters. The number of hydrogen-bond donors (Lipinski definition) is 2. The van der Waals surface area contributed by atoms with Crippen LogP contribution < -0.4 is 5.32 Å². The van der Waals surface area contributed by atoms with Crippen molar-refractivity contribution in [2.75, 3.05) is 11.9 Å². The van der Waals surface area contributed by atoms with Gasteiger partial charge in [0.2, 0.25) is 0 Å². The lowest BCUT2D eigenvalue weighted by Gasteiger charge is -2.17. The molecule has 2 unspecified atom stereocenters. The van der Waals surface area contributed by atoms with E-state index in [9.17, 15) is 14.9 Å². The Kier molecular flexibility index (Phi) is 4.22. The van der Waals surface area contributed by atoms with E-state index in [1.807, 2.05) is 0 Å². The number of carboxylic acid groups (broad SMARTS) is 1. The molecule has 1 saturated carbocycles. The lowest BCUT2D eigenvalue weighted by atomic mass is 9.98. The van der Waals surface area contributed by atoms with Gasteiger partial charge >= 0.3 is 5.97 Å². The van der Waals surface area contributed by atoms with Gasteiger partial charge in [0.25, 0.3) is 5.69 Å². The zero-order chi connectivity index (χ0) is 14.7. The van der Waals surface area contributed by atoms with Gasteiger partial charge in [0.1, 0.15) is 0 Å². The fourth-order valence-corrected chi connectivity index (χ4v) is 2.75. The Hall–Kier alpha value is -2.11. The van der Waals surface area contributed by atoms with Gasteiger partial charge in [-0.25, -0.2) is 4.79 Å². The highest BCUT2D eigenvalue weighted by molar-refractivity contribution is 5.94. The Morgan fingerprint density at radius 3 is 2.80 bits per heavy atom. The number of nitrogens with zero attached hydrogens (tertiary/aromatic N) is 1. The van der Waals surface area contributed by atoms with E-state index in [4.69, 9.17) is 5.11 Å². The number of rotatable bonds is 5. The number of carbonyl (C=O) groups is 1. The topological polar surface area (TPSA) is 92.5 Å². The monoisotopic (exact) mass is 278 g/mol. The molecular formula is C14H18N2O4. The van der Waals surface area contributed by atoms with Gasteiger partial charge in [-0.2, -0.15) is 0 Å². The molecule has 2 N–H and O–H groups in total. The van der Waals surface area contributed by atoms with Crippen LogP contribution >= 0.6 is 0 Å². The smallest absolute Gasteiger partial charge is 0.337 e. The molecule has 0 aromatic heterocycles. The first-order valence-corrected chi connectivity index (χ1v) is 6.74. The normalized spacial score (nSPS) is 21.6. The number of nitrogens with one attached hydrogen (secondary N) is 1. The van der Waals surface area contributed by atoms with Crippen LogP contribution in [0.3, 0.4) is 0 Å². The summed E-state index contributed by atoms with van der Waals surface area (Å²) in [7, 11) is 0. The van der Waals surface area contributed by atoms with E-state index in [2.05, 4.69) is 12.2 Å². The molecule has 1 aromatic rings. The molecule has 1 aromatic carbocycles. The number of anilines is 1. The average Bonchev–Trinajstić information content (AvgIpc) is 2.81. The van der Waals surface area contributed by atoms with Crippen molar-refractivity contribution in [3.8, 4) is 0 Å². The van der Waals surface area contributed by atoms with Gasteiger partial charge in [-0.3, -0.25) is 10.1 Å². The number of non-ortho nitro benzene ring substituents is 1. The van der Waals surface area contributed by atoms with Gasteiger partial charge in [0.05, 0.1) is 16.2 Å². The van der Waals surface area contributed by atoms with Gasteiger partial charge < -0.3 is 10.4 Å². The zero-order valence-corrected chi connectivity index (χ0v) is 11.3. The number of aromatic carboxylic acids is 1. The summed E-state index contributed by atoms with van der Waals surface area (Å²) in [5, 5.41) is 23.0. The predicted octanol–water partition coefficient (Wildman–Crippen LogP) is 3.14. The van der Waals surface area contributed by atoms with E-state index in [1.54, 1.807) is 0 Å². The lowest BCUT2D eigenvalue weighted by molar-refractivity contribution is -0.384. The quantitative estimate of drug-likeness (QED) is 0.637. The van der Waals surface area contributed by atoms with E-state index in [1.165, 1.54) is 31.0 Å². The summed E-state index contributed by atoms with van der Waals surface area (Å²) >= 11 is 0. The number of benzene rings is 1. The molecule has 0 spiro atoms. The van der Waals surface area contributed by atoms with Crippen LogP contribution in [0.4, 0.5) is 11.4 Å². The summed E-state index contributed by atoms with van der Waals surface area (Å²) in [6.07, 6.45) is 3.49. The third-order valence-corrected chi connectivity index (χ3v) is 4.04. The molecule has 1 fully saturated rings. The van der Waals surface area contributed by atoms with E-state index < -0.39 is 10.9 Å². The second-order valence-electron chi connectivity index (χ2n) is 5.34. The fourth-order valence-electron chi connectivity index (χ4n) is 2.75. The van der Waals surface area contributed by atoms with Crippen molar-refractivity contribution in [3.05, 3.63) is 33.9 Å². The van der Waals surface area contributed by atoms with Crippen LogP contribution in [0.5, 0.6) is 0 Å². The number of hydrogen-bond acceptors (Lipinski definition) is 4. The second kappa shape index (κ2) is 5.90. The first-order chi connectivity index (χ1) is 9.49. The van der Waals surface area contributed by atoms with Crippen molar-refractivity contribution < 1.29 is 14.8 Å². The maximum atomic E-state index is 11.2. The minimum Gasteiger partial charge on any atom is -0.478 e. The van der Waals surface area contributed by atoms with Crippen molar-refractivity contribution >= 4 is 17.3 Å².